The molecule has 0 radical (unpaired) electrons. The number of fused-ring (bicyclic) bond motifs is 1. The molecule has 0 saturated carbocycles. The lowest BCUT2D eigenvalue weighted by Crippen LogP contribution is -2.61. The molecule has 2 rings (SSSR count). The number of amides is 1. The third kappa shape index (κ3) is 6.75. The highest BCUT2D eigenvalue weighted by Gasteiger charge is 2.83. The predicted molar refractivity (Wildman–Crippen MR) is 136 cm³/mol. The molecule has 2 aromatic carbocycles. The van der Waals surface area contributed by atoms with Gasteiger partial charge in [0.2, 0.25) is 5.91 Å². The Morgan fingerprint density at radius 3 is 2.00 bits per heavy atom. The summed E-state index contributed by atoms with van der Waals surface area (Å²) in [5.41, 5.74) is -0.784. The number of nitrogens with one attached hydrogen (secondary N) is 1. The van der Waals surface area contributed by atoms with Gasteiger partial charge in [-0.1, -0.05) is 45.0 Å². The quantitative estimate of drug-likeness (QED) is 0.0969. The van der Waals surface area contributed by atoms with E-state index < -0.39 is 59.2 Å². The zero-order chi connectivity index (χ0) is 32.4. The summed E-state index contributed by atoms with van der Waals surface area (Å²) in [7, 11) is -14.3. The van der Waals surface area contributed by atoms with E-state index in [1.54, 1.807) is 13.8 Å². The number of carbonyl (C=O) groups is 2. The summed E-state index contributed by atoms with van der Waals surface area (Å²) in [6.45, 7) is 5.62. The standard InChI is InChI=1S/C24H27F6NO9S2/c1-4-21(2,3)20(33)31-13-7-8-14-39-19(32)17-11-12-18(16-10-6-5-9-15(16)17)40-42(37,38)24(29,30)22(25,26)23(27,28)41(34,35)36/h5-6,9-12H,4,7-8,13-14H2,1-3H3,(H,31,33)(H,34,35,36). The Morgan fingerprint density at radius 2 is 1.45 bits per heavy atom. The van der Waals surface area contributed by atoms with Crippen LogP contribution >= 0.6 is 0 Å². The number of esters is 1. The lowest BCUT2D eigenvalue weighted by Gasteiger charge is -2.29. The lowest BCUT2D eigenvalue weighted by atomic mass is 9.89. The van der Waals surface area contributed by atoms with Crippen molar-refractivity contribution >= 4 is 42.9 Å². The molecule has 1 amide bonds. The first-order chi connectivity index (χ1) is 19.0. The summed E-state index contributed by atoms with van der Waals surface area (Å²) in [6.07, 6.45) is 1.39. The predicted octanol–water partition coefficient (Wildman–Crippen LogP) is 4.75. The van der Waals surface area contributed by atoms with Gasteiger partial charge in [0.15, 0.2) is 5.75 Å². The van der Waals surface area contributed by atoms with Crippen LogP contribution in [0.4, 0.5) is 26.3 Å². The number of ether oxygens (including phenoxy) is 1. The van der Waals surface area contributed by atoms with E-state index in [9.17, 15) is 52.8 Å². The Hall–Kier alpha value is -3.12. The second-order valence-corrected chi connectivity index (χ2v) is 12.7. The Kier molecular flexibility index (Phi) is 10.2. The molecular formula is C24H27F6NO9S2. The molecule has 0 aliphatic rings. The van der Waals surface area contributed by atoms with Crippen molar-refractivity contribution in [1.82, 2.24) is 5.32 Å². The first-order valence-electron chi connectivity index (χ1n) is 12.1. The van der Waals surface area contributed by atoms with Crippen molar-refractivity contribution < 1.29 is 66.2 Å². The van der Waals surface area contributed by atoms with Crippen molar-refractivity contribution in [1.29, 1.82) is 0 Å². The highest BCUT2D eigenvalue weighted by atomic mass is 32.2. The second kappa shape index (κ2) is 12.2. The van der Waals surface area contributed by atoms with E-state index in [0.29, 0.717) is 31.9 Å². The molecule has 0 fully saturated rings. The fourth-order valence-electron chi connectivity index (χ4n) is 3.25. The van der Waals surface area contributed by atoms with Crippen molar-refractivity contribution in [3.8, 4) is 5.75 Å². The lowest BCUT2D eigenvalue weighted by molar-refractivity contribution is -0.247. The molecule has 0 aliphatic heterocycles. The third-order valence-corrected chi connectivity index (χ3v) is 8.45. The van der Waals surface area contributed by atoms with Crippen LogP contribution in [0.15, 0.2) is 36.4 Å². The van der Waals surface area contributed by atoms with Gasteiger partial charge in [0.1, 0.15) is 0 Å². The van der Waals surface area contributed by atoms with Gasteiger partial charge in [0.25, 0.3) is 0 Å². The van der Waals surface area contributed by atoms with Gasteiger partial charge < -0.3 is 14.2 Å². The highest BCUT2D eigenvalue weighted by Crippen LogP contribution is 2.51. The number of benzene rings is 2. The van der Waals surface area contributed by atoms with E-state index in [1.165, 1.54) is 18.2 Å². The molecule has 0 aromatic heterocycles. The normalized spacial score (nSPS) is 13.6. The van der Waals surface area contributed by atoms with Gasteiger partial charge in [-0.05, 0) is 36.8 Å². The first kappa shape index (κ1) is 35.1. The van der Waals surface area contributed by atoms with Gasteiger partial charge in [-0.25, -0.2) is 4.79 Å². The van der Waals surface area contributed by atoms with E-state index in [1.807, 2.05) is 6.92 Å². The number of hydrogen-bond donors (Lipinski definition) is 2. The maximum Gasteiger partial charge on any atom is 0.450 e. The molecule has 0 aliphatic carbocycles. The summed E-state index contributed by atoms with van der Waals surface area (Å²) in [4.78, 5) is 24.7. The Bertz CT molecular complexity index is 1540. The smallest absolute Gasteiger partial charge is 0.450 e. The SMILES string of the molecule is CCC(C)(C)C(=O)NCCCCOC(=O)c1ccc(OS(=O)(=O)C(F)(F)C(F)(F)C(F)(F)S(=O)(=O)O)c2ccccc12. The van der Waals surface area contributed by atoms with Crippen LogP contribution in [0.3, 0.4) is 0 Å². The summed E-state index contributed by atoms with van der Waals surface area (Å²) in [6, 6.07) is 6.19. The zero-order valence-electron chi connectivity index (χ0n) is 22.3. The minimum atomic E-state index is -7.20. The average molecular weight is 652 g/mol. The maximum atomic E-state index is 14.2. The van der Waals surface area contributed by atoms with E-state index in [2.05, 4.69) is 9.50 Å². The van der Waals surface area contributed by atoms with Crippen LogP contribution in [-0.2, 0) is 29.8 Å². The third-order valence-electron chi connectivity index (χ3n) is 6.26. The zero-order valence-corrected chi connectivity index (χ0v) is 23.9. The molecule has 0 heterocycles. The molecule has 18 heteroatoms. The van der Waals surface area contributed by atoms with Crippen LogP contribution in [-0.4, -0.2) is 62.8 Å². The first-order valence-corrected chi connectivity index (χ1v) is 14.9. The number of hydrogen-bond acceptors (Lipinski definition) is 8. The topological polar surface area (TPSA) is 153 Å². The number of rotatable bonds is 14. The Morgan fingerprint density at radius 1 is 0.881 bits per heavy atom. The minimum absolute atomic E-state index is 0.115. The van der Waals surface area contributed by atoms with Crippen molar-refractivity contribution in [3.05, 3.63) is 42.0 Å². The Balaban J connectivity index is 2.23. The maximum absolute atomic E-state index is 14.2. The van der Waals surface area contributed by atoms with E-state index in [-0.39, 0.29) is 23.5 Å². The molecule has 2 N–H and O–H groups in total. The molecule has 236 valence electrons. The Labute approximate surface area is 237 Å². The van der Waals surface area contributed by atoms with Gasteiger partial charge in [0.05, 0.1) is 12.2 Å². The van der Waals surface area contributed by atoms with Gasteiger partial charge in [-0.15, -0.1) is 0 Å². The van der Waals surface area contributed by atoms with Crippen LogP contribution in [0.25, 0.3) is 10.8 Å². The largest absolute Gasteiger partial charge is 0.462 e. The fourth-order valence-corrected chi connectivity index (χ4v) is 4.70. The van der Waals surface area contributed by atoms with Crippen LogP contribution in [0, 0.1) is 5.41 Å². The fraction of sp³-hybridized carbons (Fsp3) is 0.500. The molecule has 0 atom stereocenters. The van der Waals surface area contributed by atoms with Gasteiger partial charge >= 0.3 is 42.6 Å². The highest BCUT2D eigenvalue weighted by molar-refractivity contribution is 7.88. The summed E-state index contributed by atoms with van der Waals surface area (Å²) in [5, 5.41) is -11.6. The van der Waals surface area contributed by atoms with Gasteiger partial charge in [0, 0.05) is 17.3 Å². The number of alkyl halides is 6. The molecular weight excluding hydrogens is 624 g/mol. The van der Waals surface area contributed by atoms with E-state index in [4.69, 9.17) is 9.29 Å². The number of unbranched alkanes of at least 4 members (excludes halogenated alkanes) is 1. The van der Waals surface area contributed by atoms with Crippen molar-refractivity contribution in [2.45, 2.75) is 56.5 Å². The molecule has 42 heavy (non-hydrogen) atoms. The van der Waals surface area contributed by atoms with Crippen LogP contribution in [0.1, 0.15) is 50.4 Å². The molecule has 0 spiro atoms. The molecule has 0 unspecified atom stereocenters. The second-order valence-electron chi connectivity index (χ2n) is 9.61. The van der Waals surface area contributed by atoms with Crippen LogP contribution in [0.5, 0.6) is 5.75 Å². The monoisotopic (exact) mass is 651 g/mol. The number of halogens is 6. The molecule has 0 bridgehead atoms. The van der Waals surface area contributed by atoms with Gasteiger partial charge in [-0.3, -0.25) is 9.35 Å². The van der Waals surface area contributed by atoms with E-state index >= 15 is 0 Å². The van der Waals surface area contributed by atoms with Crippen molar-refractivity contribution in [3.63, 3.8) is 0 Å². The molecule has 0 saturated heterocycles. The average Bonchev–Trinajstić information content (AvgIpc) is 2.89. The summed E-state index contributed by atoms with van der Waals surface area (Å²) < 4.78 is 146. The molecule has 2 aromatic rings. The van der Waals surface area contributed by atoms with Crippen molar-refractivity contribution in [2.75, 3.05) is 13.2 Å². The van der Waals surface area contributed by atoms with Crippen LogP contribution in [0.2, 0.25) is 0 Å². The van der Waals surface area contributed by atoms with Crippen LogP contribution < -0.4 is 9.50 Å². The van der Waals surface area contributed by atoms with E-state index in [0.717, 1.165) is 12.1 Å². The molecule has 10 nitrogen and oxygen atoms in total. The van der Waals surface area contributed by atoms with Crippen molar-refractivity contribution in [2.24, 2.45) is 5.41 Å². The summed E-state index contributed by atoms with van der Waals surface area (Å²) >= 11 is 0. The summed E-state index contributed by atoms with van der Waals surface area (Å²) in [5.74, 6) is -9.38. The minimum Gasteiger partial charge on any atom is -0.462 e. The van der Waals surface area contributed by atoms with Gasteiger partial charge in [-0.2, -0.15) is 43.2 Å². The number of carbonyl (C=O) groups excluding carboxylic acids is 2.